The molecule has 0 aliphatic carbocycles. The zero-order valence-corrected chi connectivity index (χ0v) is 12.7. The van der Waals surface area contributed by atoms with Gasteiger partial charge >= 0.3 is 0 Å². The second kappa shape index (κ2) is 5.40. The van der Waals surface area contributed by atoms with Crippen LogP contribution in [0.5, 0.6) is 0 Å². The van der Waals surface area contributed by atoms with Crippen molar-refractivity contribution in [1.82, 2.24) is 10.2 Å². The molecule has 2 rings (SSSR count). The first-order valence-electron chi connectivity index (χ1n) is 7.18. The first kappa shape index (κ1) is 14.8. The molecule has 0 aromatic heterocycles. The van der Waals surface area contributed by atoms with Crippen LogP contribution >= 0.6 is 0 Å². The van der Waals surface area contributed by atoms with Gasteiger partial charge in [-0.15, -0.1) is 0 Å². The van der Waals surface area contributed by atoms with E-state index in [1.807, 2.05) is 6.92 Å². The quantitative estimate of drug-likeness (QED) is 0.829. The predicted molar refractivity (Wildman–Crippen MR) is 74.4 cm³/mol. The summed E-state index contributed by atoms with van der Waals surface area (Å²) in [7, 11) is -2.95. The Morgan fingerprint density at radius 2 is 2.11 bits per heavy atom. The second-order valence-electron chi connectivity index (χ2n) is 5.76. The number of nitrogens with zero attached hydrogens (tertiary/aromatic N) is 1. The largest absolute Gasteiger partial charge is 0.322 e. The number of hydrogen-bond donors (Lipinski definition) is 1. The van der Waals surface area contributed by atoms with Gasteiger partial charge in [0.2, 0.25) is 5.91 Å². The number of sulfone groups is 1. The van der Waals surface area contributed by atoms with Crippen molar-refractivity contribution in [2.75, 3.05) is 11.5 Å². The van der Waals surface area contributed by atoms with Crippen LogP contribution in [0.25, 0.3) is 0 Å². The highest BCUT2D eigenvalue weighted by Gasteiger charge is 2.46. The van der Waals surface area contributed by atoms with Gasteiger partial charge in [0.15, 0.2) is 9.84 Å². The summed E-state index contributed by atoms with van der Waals surface area (Å²) in [6.07, 6.45) is 2.33. The average molecular weight is 288 g/mol. The van der Waals surface area contributed by atoms with Crippen molar-refractivity contribution in [3.63, 3.8) is 0 Å². The van der Waals surface area contributed by atoms with Gasteiger partial charge in [-0.1, -0.05) is 27.2 Å². The van der Waals surface area contributed by atoms with Crippen molar-refractivity contribution in [2.24, 2.45) is 5.92 Å². The Morgan fingerprint density at radius 3 is 2.58 bits per heavy atom. The number of amides is 1. The van der Waals surface area contributed by atoms with Crippen molar-refractivity contribution in [2.45, 2.75) is 58.3 Å². The lowest BCUT2D eigenvalue weighted by Crippen LogP contribution is -2.45. The van der Waals surface area contributed by atoms with Crippen molar-refractivity contribution in [1.29, 1.82) is 0 Å². The smallest absolute Gasteiger partial charge is 0.241 e. The fraction of sp³-hybridized carbons (Fsp3) is 0.923. The molecule has 4 unspecified atom stereocenters. The van der Waals surface area contributed by atoms with Gasteiger partial charge < -0.3 is 4.90 Å². The van der Waals surface area contributed by atoms with Gasteiger partial charge in [0.1, 0.15) is 0 Å². The minimum Gasteiger partial charge on any atom is -0.322 e. The summed E-state index contributed by atoms with van der Waals surface area (Å²) in [6, 6.07) is -0.290. The minimum absolute atomic E-state index is 0.00944. The van der Waals surface area contributed by atoms with Crippen LogP contribution < -0.4 is 5.32 Å². The molecule has 110 valence electrons. The van der Waals surface area contributed by atoms with E-state index in [2.05, 4.69) is 19.2 Å². The lowest BCUT2D eigenvalue weighted by Gasteiger charge is -2.28. The molecule has 19 heavy (non-hydrogen) atoms. The molecule has 2 heterocycles. The molecule has 0 radical (unpaired) electrons. The maximum absolute atomic E-state index is 12.5. The summed E-state index contributed by atoms with van der Waals surface area (Å²) in [5.41, 5.74) is 0. The monoisotopic (exact) mass is 288 g/mol. The summed E-state index contributed by atoms with van der Waals surface area (Å²) in [5, 5.41) is 3.38. The van der Waals surface area contributed by atoms with Crippen molar-refractivity contribution in [3.05, 3.63) is 0 Å². The number of carbonyl (C=O) groups is 1. The van der Waals surface area contributed by atoms with Gasteiger partial charge in [0.25, 0.3) is 0 Å². The highest BCUT2D eigenvalue weighted by Crippen LogP contribution is 2.27. The summed E-state index contributed by atoms with van der Waals surface area (Å²) in [4.78, 5) is 14.3. The third kappa shape index (κ3) is 2.79. The molecule has 0 bridgehead atoms. The van der Waals surface area contributed by atoms with E-state index < -0.39 is 9.84 Å². The number of rotatable bonds is 4. The molecule has 4 atom stereocenters. The number of nitrogens with one attached hydrogen (secondary N) is 1. The predicted octanol–water partition coefficient (Wildman–Crippen LogP) is 0.756. The molecular formula is C13H24N2O3S. The molecular weight excluding hydrogens is 264 g/mol. The van der Waals surface area contributed by atoms with Gasteiger partial charge in [0, 0.05) is 6.04 Å². The van der Waals surface area contributed by atoms with E-state index in [1.54, 1.807) is 4.90 Å². The van der Waals surface area contributed by atoms with Crippen LogP contribution in [0.3, 0.4) is 0 Å². The molecule has 2 saturated heterocycles. The normalized spacial score (nSPS) is 35.8. The van der Waals surface area contributed by atoms with E-state index in [-0.39, 0.29) is 41.6 Å². The Kier molecular flexibility index (Phi) is 4.20. The van der Waals surface area contributed by atoms with Crippen molar-refractivity contribution in [3.8, 4) is 0 Å². The first-order valence-corrected chi connectivity index (χ1v) is 9.00. The molecule has 1 amide bonds. The van der Waals surface area contributed by atoms with Crippen LogP contribution in [0.1, 0.15) is 40.0 Å². The van der Waals surface area contributed by atoms with Crippen LogP contribution in [-0.4, -0.2) is 49.0 Å². The fourth-order valence-electron chi connectivity index (χ4n) is 3.06. The maximum Gasteiger partial charge on any atom is 0.241 e. The molecule has 2 fully saturated rings. The lowest BCUT2D eigenvalue weighted by atomic mass is 9.99. The van der Waals surface area contributed by atoms with Gasteiger partial charge in [-0.2, -0.15) is 0 Å². The zero-order valence-electron chi connectivity index (χ0n) is 11.9. The molecule has 2 aliphatic rings. The van der Waals surface area contributed by atoms with Gasteiger partial charge in [-0.3, -0.25) is 10.1 Å². The SMILES string of the molecule is CCC(C)C1NC(CC)N(C2CCS(=O)(=O)C2)C1=O. The third-order valence-corrected chi connectivity index (χ3v) is 6.18. The molecule has 5 nitrogen and oxygen atoms in total. The van der Waals surface area contributed by atoms with Crippen LogP contribution in [-0.2, 0) is 14.6 Å². The molecule has 1 N–H and O–H groups in total. The molecule has 6 heteroatoms. The Balaban J connectivity index is 2.17. The third-order valence-electron chi connectivity index (χ3n) is 4.43. The molecule has 0 saturated carbocycles. The molecule has 0 spiro atoms. The van der Waals surface area contributed by atoms with Crippen LogP contribution in [0.2, 0.25) is 0 Å². The topological polar surface area (TPSA) is 66.5 Å². The maximum atomic E-state index is 12.5. The van der Waals surface area contributed by atoms with Gasteiger partial charge in [0.05, 0.1) is 23.7 Å². The van der Waals surface area contributed by atoms with E-state index in [0.29, 0.717) is 6.42 Å². The highest BCUT2D eigenvalue weighted by molar-refractivity contribution is 7.91. The standard InChI is InChI=1S/C13H24N2O3S/c1-4-9(3)12-13(16)15(11(5-2)14-12)10-6-7-19(17,18)8-10/h9-12,14H,4-8H2,1-3H3. The number of carbonyl (C=O) groups excluding carboxylic acids is 1. The van der Waals surface area contributed by atoms with Gasteiger partial charge in [-0.05, 0) is 18.8 Å². The summed E-state index contributed by atoms with van der Waals surface area (Å²) >= 11 is 0. The Hall–Kier alpha value is -0.620. The minimum atomic E-state index is -2.95. The zero-order chi connectivity index (χ0) is 14.2. The molecule has 2 aliphatic heterocycles. The van der Waals surface area contributed by atoms with E-state index in [1.165, 1.54) is 0 Å². The van der Waals surface area contributed by atoms with E-state index >= 15 is 0 Å². The Labute approximate surface area is 115 Å². The fourth-order valence-corrected chi connectivity index (χ4v) is 4.77. The average Bonchev–Trinajstić information content (AvgIpc) is 2.88. The summed E-state index contributed by atoms with van der Waals surface area (Å²) < 4.78 is 23.2. The second-order valence-corrected chi connectivity index (χ2v) is 7.99. The van der Waals surface area contributed by atoms with Crippen molar-refractivity contribution >= 4 is 15.7 Å². The summed E-state index contributed by atoms with van der Waals surface area (Å²) in [5.74, 6) is 0.712. The number of hydrogen-bond acceptors (Lipinski definition) is 4. The molecule has 0 aromatic rings. The van der Waals surface area contributed by atoms with E-state index in [0.717, 1.165) is 12.8 Å². The van der Waals surface area contributed by atoms with Crippen LogP contribution in [0.4, 0.5) is 0 Å². The lowest BCUT2D eigenvalue weighted by molar-refractivity contribution is -0.132. The van der Waals surface area contributed by atoms with Crippen LogP contribution in [0.15, 0.2) is 0 Å². The van der Waals surface area contributed by atoms with Gasteiger partial charge in [-0.25, -0.2) is 8.42 Å². The Morgan fingerprint density at radius 1 is 1.42 bits per heavy atom. The van der Waals surface area contributed by atoms with E-state index in [4.69, 9.17) is 0 Å². The molecule has 0 aromatic carbocycles. The first-order chi connectivity index (χ1) is 8.89. The van der Waals surface area contributed by atoms with Crippen molar-refractivity contribution < 1.29 is 13.2 Å². The van der Waals surface area contributed by atoms with E-state index in [9.17, 15) is 13.2 Å². The Bertz CT molecular complexity index is 449. The summed E-state index contributed by atoms with van der Waals surface area (Å²) in [6.45, 7) is 6.17. The highest BCUT2D eigenvalue weighted by atomic mass is 32.2. The van der Waals surface area contributed by atoms with Crippen LogP contribution in [0, 0.1) is 5.92 Å².